The van der Waals surface area contributed by atoms with Gasteiger partial charge < -0.3 is 10.3 Å². The molecule has 2 aromatic heterocycles. The Morgan fingerprint density at radius 2 is 1.97 bits per heavy atom. The van der Waals surface area contributed by atoms with Crippen LogP contribution < -0.4 is 16.2 Å². The first-order valence-corrected chi connectivity index (χ1v) is 11.7. The van der Waals surface area contributed by atoms with Crippen molar-refractivity contribution in [1.29, 1.82) is 0 Å². The topological polar surface area (TPSA) is 87.1 Å². The maximum Gasteiger partial charge on any atom is 0.257 e. The molecule has 0 aliphatic carbocycles. The Hall–Kier alpha value is -3.52. The van der Waals surface area contributed by atoms with E-state index >= 15 is 0 Å². The number of H-pyrrole nitrogens is 1. The van der Waals surface area contributed by atoms with Crippen molar-refractivity contribution in [1.82, 2.24) is 19.9 Å². The molecule has 0 radical (unpaired) electrons. The molecule has 8 heteroatoms. The summed E-state index contributed by atoms with van der Waals surface area (Å²) in [4.78, 5) is 26.6. The number of aryl methyl sites for hydroxylation is 1. The molecule has 1 aliphatic heterocycles. The summed E-state index contributed by atoms with van der Waals surface area (Å²) in [5.74, 6) is 1.11. The van der Waals surface area contributed by atoms with E-state index < -0.39 is 0 Å². The maximum atomic E-state index is 12.8. The summed E-state index contributed by atoms with van der Waals surface area (Å²) >= 11 is 1.69. The third kappa shape index (κ3) is 3.89. The van der Waals surface area contributed by atoms with Gasteiger partial charge in [-0.25, -0.2) is 4.98 Å². The number of thioether (sulfide) groups is 1. The number of aromatic amines is 1. The molecule has 0 saturated carbocycles. The number of aliphatic imine (C=N–C) groups is 1. The molecule has 0 bridgehead atoms. The molecule has 1 aliphatic rings. The van der Waals surface area contributed by atoms with Crippen molar-refractivity contribution in [3.8, 4) is 0 Å². The highest BCUT2D eigenvalue weighted by Gasteiger charge is 2.26. The average Bonchev–Trinajstić information content (AvgIpc) is 3.21. The molecular formula is C24H24N6OS. The normalized spacial score (nSPS) is 16.6. The summed E-state index contributed by atoms with van der Waals surface area (Å²) < 4.78 is 1.64. The Kier molecular flexibility index (Phi) is 5.45. The van der Waals surface area contributed by atoms with Crippen LogP contribution in [0.5, 0.6) is 0 Å². The van der Waals surface area contributed by atoms with Gasteiger partial charge in [0.2, 0.25) is 5.95 Å². The predicted octanol–water partition coefficient (Wildman–Crippen LogP) is 3.92. The van der Waals surface area contributed by atoms with Crippen LogP contribution in [0, 0.1) is 6.92 Å². The van der Waals surface area contributed by atoms with Crippen molar-refractivity contribution in [2.24, 2.45) is 4.99 Å². The van der Waals surface area contributed by atoms with E-state index in [9.17, 15) is 4.79 Å². The second-order valence-electron chi connectivity index (χ2n) is 7.71. The van der Waals surface area contributed by atoms with Gasteiger partial charge in [-0.15, -0.1) is 11.8 Å². The molecule has 2 aromatic carbocycles. The number of benzene rings is 2. The lowest BCUT2D eigenvalue weighted by molar-refractivity contribution is 0.514. The third-order valence-corrected chi connectivity index (χ3v) is 6.34. The Bertz CT molecular complexity index is 1360. The molecule has 3 heterocycles. The zero-order valence-electron chi connectivity index (χ0n) is 17.9. The van der Waals surface area contributed by atoms with E-state index in [0.717, 1.165) is 17.5 Å². The van der Waals surface area contributed by atoms with Gasteiger partial charge in [0.25, 0.3) is 5.56 Å². The molecule has 32 heavy (non-hydrogen) atoms. The van der Waals surface area contributed by atoms with Gasteiger partial charge in [-0.1, -0.05) is 30.3 Å². The first-order valence-electron chi connectivity index (χ1n) is 10.5. The van der Waals surface area contributed by atoms with Gasteiger partial charge >= 0.3 is 0 Å². The van der Waals surface area contributed by atoms with Gasteiger partial charge in [0.15, 0.2) is 5.96 Å². The number of rotatable bonds is 5. The summed E-state index contributed by atoms with van der Waals surface area (Å²) in [5, 5.41) is 7.81. The van der Waals surface area contributed by atoms with Crippen molar-refractivity contribution < 1.29 is 0 Å². The largest absolute Gasteiger partial charge is 0.361 e. The Labute approximate surface area is 190 Å². The number of para-hydroxylation sites is 1. The molecule has 3 N–H and O–H groups in total. The van der Waals surface area contributed by atoms with E-state index in [2.05, 4.69) is 44.9 Å². The van der Waals surface area contributed by atoms with Crippen LogP contribution in [0.2, 0.25) is 0 Å². The van der Waals surface area contributed by atoms with E-state index in [-0.39, 0.29) is 11.7 Å². The number of nitrogens with one attached hydrogen (secondary N) is 3. The molecule has 7 nitrogen and oxygen atoms in total. The fraction of sp³-hybridized carbons (Fsp3) is 0.208. The molecule has 162 valence electrons. The highest BCUT2D eigenvalue weighted by molar-refractivity contribution is 7.98. The lowest BCUT2D eigenvalue weighted by atomic mass is 10.1. The molecule has 0 saturated heterocycles. The molecule has 1 atom stereocenters. The van der Waals surface area contributed by atoms with E-state index in [4.69, 9.17) is 4.99 Å². The summed E-state index contributed by atoms with van der Waals surface area (Å²) in [6, 6.07) is 18.0. The van der Waals surface area contributed by atoms with E-state index in [1.165, 1.54) is 15.8 Å². The van der Waals surface area contributed by atoms with Gasteiger partial charge in [0.1, 0.15) is 6.17 Å². The number of fused-ring (bicyclic) bond motifs is 2. The van der Waals surface area contributed by atoms with Gasteiger partial charge in [-0.2, -0.15) is 0 Å². The fourth-order valence-electron chi connectivity index (χ4n) is 4.01. The fourth-order valence-corrected chi connectivity index (χ4v) is 4.42. The standard InChI is InChI=1S/C24H24N6OS/c1-15-13-21(31)30-22(16-7-9-18(32-2)10-8-16)28-23(29-24(30)27-15)25-12-11-17-14-26-20-6-4-3-5-19(17)20/h3-10,13-14,22,26H,11-12H2,1-2H3,(H2,25,27,28,29)/t22-/m0/s1. The molecule has 4 aromatic rings. The van der Waals surface area contributed by atoms with Crippen molar-refractivity contribution in [2.75, 3.05) is 18.1 Å². The zero-order chi connectivity index (χ0) is 22.1. The van der Waals surface area contributed by atoms with Gasteiger partial charge in [-0.3, -0.25) is 19.7 Å². The molecule has 0 unspecified atom stereocenters. The summed E-state index contributed by atoms with van der Waals surface area (Å²) in [6.45, 7) is 2.42. The molecular weight excluding hydrogens is 420 g/mol. The van der Waals surface area contributed by atoms with Crippen molar-refractivity contribution in [3.63, 3.8) is 0 Å². The van der Waals surface area contributed by atoms with Gasteiger partial charge in [0.05, 0.1) is 0 Å². The first kappa shape index (κ1) is 20.4. The quantitative estimate of drug-likeness (QED) is 0.406. The Morgan fingerprint density at radius 3 is 2.78 bits per heavy atom. The van der Waals surface area contributed by atoms with Gasteiger partial charge in [-0.05, 0) is 48.9 Å². The Morgan fingerprint density at radius 1 is 1.16 bits per heavy atom. The lowest BCUT2D eigenvalue weighted by Gasteiger charge is -2.31. The van der Waals surface area contributed by atoms with Crippen LogP contribution in [0.15, 0.2) is 75.5 Å². The van der Waals surface area contributed by atoms with Crippen molar-refractivity contribution in [3.05, 3.63) is 88.0 Å². The predicted molar refractivity (Wildman–Crippen MR) is 131 cm³/mol. The number of hydrogen-bond acceptors (Lipinski definition) is 4. The molecule has 0 spiro atoms. The number of guanidine groups is 1. The summed E-state index contributed by atoms with van der Waals surface area (Å²) in [5.41, 5.74) is 3.90. The number of nitrogens with zero attached hydrogens (tertiary/aromatic N) is 3. The SMILES string of the molecule is CSc1ccc([C@H]2NC(=NCCc3c[nH]c4ccccc34)Nc3nc(C)cc(=O)n32)cc1. The second-order valence-corrected chi connectivity index (χ2v) is 8.59. The van der Waals surface area contributed by atoms with Gasteiger partial charge in [0, 0.05) is 40.3 Å². The van der Waals surface area contributed by atoms with Crippen molar-refractivity contribution >= 4 is 34.6 Å². The number of hydrogen-bond donors (Lipinski definition) is 3. The van der Waals surface area contributed by atoms with Crippen LogP contribution in [0.1, 0.15) is 23.0 Å². The van der Waals surface area contributed by atoms with Crippen LogP contribution in [-0.4, -0.2) is 33.3 Å². The van der Waals surface area contributed by atoms with E-state index in [1.54, 1.807) is 22.4 Å². The average molecular weight is 445 g/mol. The Balaban J connectivity index is 1.44. The summed E-state index contributed by atoms with van der Waals surface area (Å²) in [6.07, 6.45) is 4.51. The minimum Gasteiger partial charge on any atom is -0.361 e. The highest BCUT2D eigenvalue weighted by Crippen LogP contribution is 2.24. The van der Waals surface area contributed by atoms with E-state index in [0.29, 0.717) is 24.1 Å². The summed E-state index contributed by atoms with van der Waals surface area (Å²) in [7, 11) is 0. The lowest BCUT2D eigenvalue weighted by Crippen LogP contribution is -2.48. The van der Waals surface area contributed by atoms with Crippen LogP contribution >= 0.6 is 11.8 Å². The molecule has 0 amide bonds. The molecule has 5 rings (SSSR count). The first-order chi connectivity index (χ1) is 15.6. The second kappa shape index (κ2) is 8.55. The van der Waals surface area contributed by atoms with Crippen LogP contribution in [0.4, 0.5) is 5.95 Å². The maximum absolute atomic E-state index is 12.8. The van der Waals surface area contributed by atoms with Crippen molar-refractivity contribution in [2.45, 2.75) is 24.4 Å². The monoisotopic (exact) mass is 444 g/mol. The zero-order valence-corrected chi connectivity index (χ0v) is 18.7. The smallest absolute Gasteiger partial charge is 0.257 e. The minimum atomic E-state index is -0.380. The number of aromatic nitrogens is 3. The highest BCUT2D eigenvalue weighted by atomic mass is 32.2. The van der Waals surface area contributed by atoms with Crippen LogP contribution in [0.3, 0.4) is 0 Å². The minimum absolute atomic E-state index is 0.107. The third-order valence-electron chi connectivity index (χ3n) is 5.60. The van der Waals surface area contributed by atoms with E-state index in [1.807, 2.05) is 43.6 Å². The van der Waals surface area contributed by atoms with Crippen LogP contribution in [0.25, 0.3) is 10.9 Å². The molecule has 0 fully saturated rings. The number of anilines is 1. The van der Waals surface area contributed by atoms with Crippen LogP contribution in [-0.2, 0) is 6.42 Å².